The molecule has 0 saturated heterocycles. The van der Waals surface area contributed by atoms with Gasteiger partial charge in [0, 0.05) is 17.9 Å². The van der Waals surface area contributed by atoms with Gasteiger partial charge in [0.05, 0.1) is 5.97 Å². The molecule has 0 radical (unpaired) electrons. The van der Waals surface area contributed by atoms with Crippen molar-refractivity contribution in [3.05, 3.63) is 64.7 Å². The number of rotatable bonds is 3. The predicted octanol–water partition coefficient (Wildman–Crippen LogP) is 5.45. The van der Waals surface area contributed by atoms with E-state index in [1.54, 1.807) is 6.92 Å². The Hall–Kier alpha value is -3.14. The molecule has 3 aromatic carbocycles. The first-order valence-electron chi connectivity index (χ1n) is 11.0. The zero-order chi connectivity index (χ0) is 23.4. The molecule has 0 unspecified atom stereocenters. The van der Waals surface area contributed by atoms with Crippen molar-refractivity contribution in [2.24, 2.45) is 0 Å². The van der Waals surface area contributed by atoms with Crippen LogP contribution in [0.25, 0.3) is 21.9 Å². The van der Waals surface area contributed by atoms with Crippen LogP contribution in [-0.2, 0) is 15.6 Å². The summed E-state index contributed by atoms with van der Waals surface area (Å²) in [6.07, 6.45) is 2.30. The first-order valence-corrected chi connectivity index (χ1v) is 11.0. The fourth-order valence-corrected chi connectivity index (χ4v) is 4.94. The van der Waals surface area contributed by atoms with Crippen molar-refractivity contribution in [2.45, 2.75) is 65.2 Å². The van der Waals surface area contributed by atoms with Crippen molar-refractivity contribution in [3.63, 3.8) is 0 Å². The van der Waals surface area contributed by atoms with Crippen molar-refractivity contribution < 1.29 is 19.4 Å². The first-order chi connectivity index (χ1) is 14.9. The lowest BCUT2D eigenvalue weighted by molar-refractivity contribution is -0.255. The van der Waals surface area contributed by atoms with Crippen LogP contribution in [-0.4, -0.2) is 11.9 Å². The fourth-order valence-electron chi connectivity index (χ4n) is 4.94. The molecule has 0 aromatic heterocycles. The van der Waals surface area contributed by atoms with E-state index in [0.717, 1.165) is 29.4 Å². The number of hydrogen-bond acceptors (Lipinski definition) is 4. The molecule has 0 saturated carbocycles. The number of esters is 1. The Kier molecular flexibility index (Phi) is 5.15. The summed E-state index contributed by atoms with van der Waals surface area (Å²) >= 11 is 0. The van der Waals surface area contributed by atoms with Gasteiger partial charge in [-0.3, -0.25) is 4.79 Å². The number of fused-ring (bicyclic) bond motifs is 2. The molecule has 0 fully saturated rings. The minimum atomic E-state index is -1.29. The normalized spacial score (nSPS) is 16.4. The Morgan fingerprint density at radius 1 is 0.844 bits per heavy atom. The highest BCUT2D eigenvalue weighted by atomic mass is 16.5. The lowest BCUT2D eigenvalue weighted by Gasteiger charge is -2.42. The van der Waals surface area contributed by atoms with E-state index in [0.29, 0.717) is 10.9 Å². The molecule has 0 amide bonds. The second-order valence-corrected chi connectivity index (χ2v) is 10.2. The number of aromatic carboxylic acids is 1. The summed E-state index contributed by atoms with van der Waals surface area (Å²) in [5, 5.41) is 13.0. The molecule has 1 aliphatic rings. The highest BCUT2D eigenvalue weighted by molar-refractivity contribution is 6.02. The number of ether oxygens (including phenoxy) is 1. The Balaban J connectivity index is 1.92. The molecule has 3 aromatic rings. The van der Waals surface area contributed by atoms with Crippen LogP contribution in [0.15, 0.2) is 42.5 Å². The van der Waals surface area contributed by atoms with E-state index in [4.69, 9.17) is 4.74 Å². The highest BCUT2D eigenvalue weighted by Crippen LogP contribution is 2.47. The number of carbonyl (C=O) groups is 2. The van der Waals surface area contributed by atoms with Gasteiger partial charge in [-0.15, -0.1) is 0 Å². The summed E-state index contributed by atoms with van der Waals surface area (Å²) in [6, 6.07) is 13.9. The van der Waals surface area contributed by atoms with E-state index >= 15 is 0 Å². The summed E-state index contributed by atoms with van der Waals surface area (Å²) in [6.45, 7) is 12.3. The summed E-state index contributed by atoms with van der Waals surface area (Å²) in [5.74, 6) is -1.55. The quantitative estimate of drug-likeness (QED) is 0.410. The molecule has 32 heavy (non-hydrogen) atoms. The van der Waals surface area contributed by atoms with Gasteiger partial charge in [0.2, 0.25) is 0 Å². The molecule has 0 atom stereocenters. The summed E-state index contributed by atoms with van der Waals surface area (Å²) in [4.78, 5) is 23.3. The fraction of sp³-hybridized carbons (Fsp3) is 0.357. The maximum atomic E-state index is 11.7. The Morgan fingerprint density at radius 2 is 1.44 bits per heavy atom. The maximum absolute atomic E-state index is 11.7. The van der Waals surface area contributed by atoms with Crippen molar-refractivity contribution >= 4 is 22.7 Å². The topological polar surface area (TPSA) is 66.4 Å². The van der Waals surface area contributed by atoms with Crippen LogP contribution in [0.5, 0.6) is 5.75 Å². The minimum absolute atomic E-state index is 0.0271. The van der Waals surface area contributed by atoms with Gasteiger partial charge in [0.25, 0.3) is 0 Å². The van der Waals surface area contributed by atoms with Gasteiger partial charge in [-0.1, -0.05) is 58.0 Å². The second kappa shape index (κ2) is 7.47. The molecule has 4 rings (SSSR count). The largest absolute Gasteiger partial charge is 0.545 e. The standard InChI is InChI=1S/C28H30O4/c1-16-20-9-7-18(13-22(20)25(32-17(2)29)15-21(16)26(30)31)19-8-10-23-24(14-19)28(5,6)12-11-27(23,3)4/h7-10,13-15H,11-12H2,1-6H3,(H,30,31)/p-1. The summed E-state index contributed by atoms with van der Waals surface area (Å²) in [7, 11) is 0. The molecule has 0 heterocycles. The molecule has 0 bridgehead atoms. The summed E-state index contributed by atoms with van der Waals surface area (Å²) in [5.41, 5.74) is 5.72. The third-order valence-corrected chi connectivity index (χ3v) is 7.03. The first kappa shape index (κ1) is 22.1. The predicted molar refractivity (Wildman–Crippen MR) is 125 cm³/mol. The van der Waals surface area contributed by atoms with Crippen LogP contribution in [0.3, 0.4) is 0 Å². The summed E-state index contributed by atoms with van der Waals surface area (Å²) < 4.78 is 5.39. The lowest BCUT2D eigenvalue weighted by Crippen LogP contribution is -2.33. The van der Waals surface area contributed by atoms with Gasteiger partial charge >= 0.3 is 5.97 Å². The van der Waals surface area contributed by atoms with Gasteiger partial charge in [-0.05, 0) is 75.9 Å². The van der Waals surface area contributed by atoms with Crippen molar-refractivity contribution in [1.82, 2.24) is 0 Å². The van der Waals surface area contributed by atoms with Gasteiger partial charge in [-0.2, -0.15) is 0 Å². The van der Waals surface area contributed by atoms with E-state index in [1.807, 2.05) is 18.2 Å². The van der Waals surface area contributed by atoms with Crippen LogP contribution in [0.4, 0.5) is 0 Å². The molecule has 0 aliphatic heterocycles. The average molecular weight is 430 g/mol. The third kappa shape index (κ3) is 3.68. The number of carbonyl (C=O) groups excluding carboxylic acids is 2. The van der Waals surface area contributed by atoms with Crippen molar-refractivity contribution in [1.29, 1.82) is 0 Å². The van der Waals surface area contributed by atoms with E-state index in [-0.39, 0.29) is 22.1 Å². The van der Waals surface area contributed by atoms with Crippen LogP contribution in [0.1, 0.15) is 74.5 Å². The van der Waals surface area contributed by atoms with Crippen molar-refractivity contribution in [3.8, 4) is 16.9 Å². The molecular formula is C28H29O4-. The van der Waals surface area contributed by atoms with E-state index in [2.05, 4.69) is 45.9 Å². The minimum Gasteiger partial charge on any atom is -0.545 e. The molecule has 1 aliphatic carbocycles. The zero-order valence-electron chi connectivity index (χ0n) is 19.6. The van der Waals surface area contributed by atoms with Gasteiger partial charge in [0.1, 0.15) is 5.75 Å². The third-order valence-electron chi connectivity index (χ3n) is 7.03. The average Bonchev–Trinajstić information content (AvgIpc) is 2.72. The van der Waals surface area contributed by atoms with Crippen LogP contribution < -0.4 is 9.84 Å². The van der Waals surface area contributed by atoms with E-state index in [9.17, 15) is 14.7 Å². The Labute approximate surface area is 189 Å². The Morgan fingerprint density at radius 3 is 2.06 bits per heavy atom. The van der Waals surface area contributed by atoms with Gasteiger partial charge in [-0.25, -0.2) is 0 Å². The van der Waals surface area contributed by atoms with E-state index in [1.165, 1.54) is 24.1 Å². The SMILES string of the molecule is CC(=O)Oc1cc(C(=O)[O-])c(C)c2ccc(-c3ccc4c(c3)C(C)(C)CCC4(C)C)cc12. The highest BCUT2D eigenvalue weighted by Gasteiger charge is 2.37. The van der Waals surface area contributed by atoms with Crippen LogP contribution in [0.2, 0.25) is 0 Å². The Bertz CT molecular complexity index is 1260. The van der Waals surface area contributed by atoms with Crippen molar-refractivity contribution in [2.75, 3.05) is 0 Å². The van der Waals surface area contributed by atoms with E-state index < -0.39 is 11.9 Å². The van der Waals surface area contributed by atoms with Crippen LogP contribution >= 0.6 is 0 Å². The molecular weight excluding hydrogens is 400 g/mol. The molecule has 0 spiro atoms. The maximum Gasteiger partial charge on any atom is 0.308 e. The molecule has 4 nitrogen and oxygen atoms in total. The van der Waals surface area contributed by atoms with Crippen LogP contribution in [0, 0.1) is 6.92 Å². The number of carboxylic acid groups (broad SMARTS) is 1. The number of carboxylic acids is 1. The van der Waals surface area contributed by atoms with Gasteiger partial charge < -0.3 is 14.6 Å². The van der Waals surface area contributed by atoms with Gasteiger partial charge in [0.15, 0.2) is 0 Å². The number of aryl methyl sites for hydroxylation is 1. The molecule has 0 N–H and O–H groups in total. The zero-order valence-corrected chi connectivity index (χ0v) is 19.6. The smallest absolute Gasteiger partial charge is 0.308 e. The second-order valence-electron chi connectivity index (χ2n) is 10.2. The molecule has 166 valence electrons. The molecule has 4 heteroatoms. The number of benzene rings is 3. The monoisotopic (exact) mass is 429 g/mol. The lowest BCUT2D eigenvalue weighted by atomic mass is 9.63. The number of hydrogen-bond donors (Lipinski definition) is 0.